The zero-order valence-electron chi connectivity index (χ0n) is 8.74. The van der Waals surface area contributed by atoms with Crippen molar-refractivity contribution in [1.82, 2.24) is 15.0 Å². The van der Waals surface area contributed by atoms with Crippen molar-refractivity contribution in [2.24, 2.45) is 11.7 Å². The first-order chi connectivity index (χ1) is 7.40. The summed E-state index contributed by atoms with van der Waals surface area (Å²) in [5.41, 5.74) is 5.22. The van der Waals surface area contributed by atoms with Crippen molar-refractivity contribution in [3.63, 3.8) is 0 Å². The third-order valence-corrected chi connectivity index (χ3v) is 2.18. The molecule has 1 atom stereocenters. The predicted molar refractivity (Wildman–Crippen MR) is 61.3 cm³/mol. The molecular formula is C8H11Cl2N5O. The van der Waals surface area contributed by atoms with Crippen LogP contribution in [0.1, 0.15) is 13.8 Å². The minimum absolute atomic E-state index is 0.00758. The van der Waals surface area contributed by atoms with E-state index < -0.39 is 11.9 Å². The second-order valence-corrected chi connectivity index (χ2v) is 4.14. The Bertz CT molecular complexity index is 378. The van der Waals surface area contributed by atoms with Gasteiger partial charge in [-0.15, -0.1) is 0 Å². The highest BCUT2D eigenvalue weighted by atomic mass is 35.5. The van der Waals surface area contributed by atoms with Crippen molar-refractivity contribution >= 4 is 35.1 Å². The molecule has 0 aliphatic carbocycles. The summed E-state index contributed by atoms with van der Waals surface area (Å²) in [6.45, 7) is 3.68. The van der Waals surface area contributed by atoms with E-state index in [-0.39, 0.29) is 22.4 Å². The minimum Gasteiger partial charge on any atom is -0.368 e. The zero-order valence-corrected chi connectivity index (χ0v) is 10.2. The quantitative estimate of drug-likeness (QED) is 0.849. The smallest absolute Gasteiger partial charge is 0.240 e. The molecule has 0 aliphatic rings. The van der Waals surface area contributed by atoms with E-state index in [4.69, 9.17) is 28.9 Å². The second-order valence-electron chi connectivity index (χ2n) is 3.47. The van der Waals surface area contributed by atoms with E-state index in [1.807, 2.05) is 13.8 Å². The largest absolute Gasteiger partial charge is 0.368 e. The Balaban J connectivity index is 2.89. The molecule has 16 heavy (non-hydrogen) atoms. The summed E-state index contributed by atoms with van der Waals surface area (Å²) in [4.78, 5) is 22.3. The Labute approximate surface area is 103 Å². The van der Waals surface area contributed by atoms with Gasteiger partial charge in [-0.2, -0.15) is 15.0 Å². The van der Waals surface area contributed by atoms with E-state index in [2.05, 4.69) is 20.3 Å². The van der Waals surface area contributed by atoms with Crippen LogP contribution in [0.3, 0.4) is 0 Å². The number of rotatable bonds is 4. The van der Waals surface area contributed by atoms with Crippen molar-refractivity contribution in [3.8, 4) is 0 Å². The van der Waals surface area contributed by atoms with Gasteiger partial charge in [0.15, 0.2) is 0 Å². The van der Waals surface area contributed by atoms with Crippen LogP contribution in [-0.4, -0.2) is 26.9 Å². The second kappa shape index (κ2) is 5.27. The number of halogens is 2. The number of amides is 1. The highest BCUT2D eigenvalue weighted by molar-refractivity contribution is 6.31. The summed E-state index contributed by atoms with van der Waals surface area (Å²) < 4.78 is 0. The maximum atomic E-state index is 11.1. The van der Waals surface area contributed by atoms with Gasteiger partial charge in [0.25, 0.3) is 0 Å². The average Bonchev–Trinajstić information content (AvgIpc) is 2.11. The van der Waals surface area contributed by atoms with Gasteiger partial charge in [-0.25, -0.2) is 0 Å². The van der Waals surface area contributed by atoms with Crippen LogP contribution in [0, 0.1) is 5.92 Å². The number of nitrogens with one attached hydrogen (secondary N) is 1. The van der Waals surface area contributed by atoms with Gasteiger partial charge in [-0.3, -0.25) is 4.79 Å². The van der Waals surface area contributed by atoms with Crippen LogP contribution in [0.5, 0.6) is 0 Å². The molecule has 0 spiro atoms. The summed E-state index contributed by atoms with van der Waals surface area (Å²) in [7, 11) is 0. The summed E-state index contributed by atoms with van der Waals surface area (Å²) in [6.07, 6.45) is 0. The number of carbonyl (C=O) groups is 1. The molecule has 1 rings (SSSR count). The Morgan fingerprint density at radius 2 is 1.75 bits per heavy atom. The summed E-state index contributed by atoms with van der Waals surface area (Å²) in [5, 5.41) is 2.66. The Hall–Kier alpha value is -1.14. The SMILES string of the molecule is CC(C)C(Nc1nc(Cl)nc(Cl)n1)C(N)=O. The molecule has 8 heteroatoms. The summed E-state index contributed by atoms with van der Waals surface area (Å²) in [5.74, 6) is -0.378. The molecule has 1 aromatic rings. The summed E-state index contributed by atoms with van der Waals surface area (Å²) >= 11 is 11.2. The van der Waals surface area contributed by atoms with Gasteiger partial charge >= 0.3 is 0 Å². The van der Waals surface area contributed by atoms with Crippen molar-refractivity contribution in [3.05, 3.63) is 10.6 Å². The highest BCUT2D eigenvalue weighted by Crippen LogP contribution is 2.12. The molecule has 0 saturated carbocycles. The third-order valence-electron chi connectivity index (χ3n) is 1.84. The zero-order chi connectivity index (χ0) is 12.3. The monoisotopic (exact) mass is 263 g/mol. The molecule has 0 fully saturated rings. The van der Waals surface area contributed by atoms with Crippen molar-refractivity contribution in [2.75, 3.05) is 5.32 Å². The van der Waals surface area contributed by atoms with Gasteiger partial charge in [-0.05, 0) is 29.1 Å². The maximum Gasteiger partial charge on any atom is 0.240 e. The fourth-order valence-corrected chi connectivity index (χ4v) is 1.46. The molecule has 1 heterocycles. The molecule has 88 valence electrons. The van der Waals surface area contributed by atoms with Crippen molar-refractivity contribution in [1.29, 1.82) is 0 Å². The van der Waals surface area contributed by atoms with E-state index in [1.165, 1.54) is 0 Å². The highest BCUT2D eigenvalue weighted by Gasteiger charge is 2.20. The number of hydrogen-bond donors (Lipinski definition) is 2. The van der Waals surface area contributed by atoms with Gasteiger partial charge in [0, 0.05) is 0 Å². The average molecular weight is 264 g/mol. The van der Waals surface area contributed by atoms with Crippen LogP contribution in [0.2, 0.25) is 10.6 Å². The van der Waals surface area contributed by atoms with E-state index in [1.54, 1.807) is 0 Å². The van der Waals surface area contributed by atoms with Gasteiger partial charge in [-0.1, -0.05) is 13.8 Å². The Kier molecular flexibility index (Phi) is 4.26. The van der Waals surface area contributed by atoms with E-state index >= 15 is 0 Å². The molecular weight excluding hydrogens is 253 g/mol. The first-order valence-electron chi connectivity index (χ1n) is 4.53. The molecule has 1 amide bonds. The van der Waals surface area contributed by atoms with Crippen molar-refractivity contribution in [2.45, 2.75) is 19.9 Å². The van der Waals surface area contributed by atoms with Crippen LogP contribution in [0.25, 0.3) is 0 Å². The van der Waals surface area contributed by atoms with Crippen LogP contribution < -0.4 is 11.1 Å². The number of anilines is 1. The molecule has 0 radical (unpaired) electrons. The standard InChI is InChI=1S/C8H11Cl2N5O/c1-3(2)4(5(11)16)12-8-14-6(9)13-7(10)15-8/h3-4H,1-2H3,(H2,11,16)(H,12,13,14,15). The van der Waals surface area contributed by atoms with E-state index in [0.29, 0.717) is 0 Å². The fourth-order valence-electron chi connectivity index (χ4n) is 1.10. The van der Waals surface area contributed by atoms with Crippen LogP contribution in [-0.2, 0) is 4.79 Å². The number of primary amides is 1. The molecule has 0 aromatic carbocycles. The molecule has 0 bridgehead atoms. The minimum atomic E-state index is -0.588. The summed E-state index contributed by atoms with van der Waals surface area (Å²) in [6, 6.07) is -0.588. The molecule has 6 nitrogen and oxygen atoms in total. The molecule has 0 aliphatic heterocycles. The Morgan fingerprint density at radius 1 is 1.25 bits per heavy atom. The van der Waals surface area contributed by atoms with Crippen LogP contribution in [0.15, 0.2) is 0 Å². The molecule has 3 N–H and O–H groups in total. The molecule has 0 saturated heterocycles. The molecule has 1 unspecified atom stereocenters. The number of nitrogens with zero attached hydrogens (tertiary/aromatic N) is 3. The topological polar surface area (TPSA) is 93.8 Å². The Morgan fingerprint density at radius 3 is 2.12 bits per heavy atom. The van der Waals surface area contributed by atoms with Gasteiger partial charge in [0.05, 0.1) is 0 Å². The lowest BCUT2D eigenvalue weighted by Gasteiger charge is -2.18. The number of nitrogens with two attached hydrogens (primary N) is 1. The third kappa shape index (κ3) is 3.46. The van der Waals surface area contributed by atoms with Crippen LogP contribution >= 0.6 is 23.2 Å². The van der Waals surface area contributed by atoms with E-state index in [9.17, 15) is 4.79 Å². The lowest BCUT2D eigenvalue weighted by atomic mass is 10.0. The number of carbonyl (C=O) groups excluding carboxylic acids is 1. The number of hydrogen-bond acceptors (Lipinski definition) is 5. The number of aromatic nitrogens is 3. The van der Waals surface area contributed by atoms with Gasteiger partial charge in [0.2, 0.25) is 22.4 Å². The normalized spacial score (nSPS) is 12.6. The maximum absolute atomic E-state index is 11.1. The predicted octanol–water partition coefficient (Wildman–Crippen LogP) is 1.10. The lowest BCUT2D eigenvalue weighted by Crippen LogP contribution is -2.40. The fraction of sp³-hybridized carbons (Fsp3) is 0.500. The van der Waals surface area contributed by atoms with Crippen LogP contribution in [0.4, 0.5) is 5.95 Å². The van der Waals surface area contributed by atoms with Gasteiger partial charge in [0.1, 0.15) is 6.04 Å². The lowest BCUT2D eigenvalue weighted by molar-refractivity contribution is -0.119. The first kappa shape index (κ1) is 12.9. The molecule has 1 aromatic heterocycles. The van der Waals surface area contributed by atoms with Gasteiger partial charge < -0.3 is 11.1 Å². The first-order valence-corrected chi connectivity index (χ1v) is 5.28. The van der Waals surface area contributed by atoms with E-state index in [0.717, 1.165) is 0 Å². The van der Waals surface area contributed by atoms with Crippen molar-refractivity contribution < 1.29 is 4.79 Å².